The fraction of sp³-hybridized carbons (Fsp3) is 0.400. The van der Waals surface area contributed by atoms with E-state index in [-0.39, 0.29) is 29.1 Å². The number of carboxylic acid groups (broad SMARTS) is 1. The van der Waals surface area contributed by atoms with Crippen molar-refractivity contribution in [1.82, 2.24) is 4.90 Å². The molecule has 1 aliphatic heterocycles. The van der Waals surface area contributed by atoms with Crippen LogP contribution in [-0.4, -0.2) is 38.8 Å². The monoisotopic (exact) mass is 385 g/mol. The number of hydrogen-bond acceptors (Lipinski definition) is 4. The molecule has 0 aliphatic carbocycles. The van der Waals surface area contributed by atoms with Gasteiger partial charge in [0.1, 0.15) is 0 Å². The Morgan fingerprint density at radius 1 is 1.50 bits per heavy atom. The summed E-state index contributed by atoms with van der Waals surface area (Å²) in [7, 11) is 0. The second kappa shape index (κ2) is 7.28. The van der Waals surface area contributed by atoms with Gasteiger partial charge in [-0.1, -0.05) is 39.8 Å². The largest absolute Gasteiger partial charge is 0.481 e. The van der Waals surface area contributed by atoms with Gasteiger partial charge < -0.3 is 10.0 Å². The Bertz CT molecular complexity index is 607. The lowest BCUT2D eigenvalue weighted by molar-refractivity contribution is -0.140. The first kappa shape index (κ1) is 17.0. The zero-order valence-corrected chi connectivity index (χ0v) is 14.4. The summed E-state index contributed by atoms with van der Waals surface area (Å²) in [5, 5.41) is 9.03. The first-order valence-electron chi connectivity index (χ1n) is 6.80. The van der Waals surface area contributed by atoms with Crippen LogP contribution in [0.4, 0.5) is 0 Å². The summed E-state index contributed by atoms with van der Waals surface area (Å²) in [6, 6.07) is 6.79. The standard InChI is InChI=1S/C15H16BrNO4S/c1-9(18)22-12-6-14(19)17(8-12)13(7-15(20)21)10-3-2-4-11(16)5-10/h2-5,12-13H,6-8H2,1H3,(H,20,21). The topological polar surface area (TPSA) is 74.7 Å². The Kier molecular flexibility index (Phi) is 5.63. The molecule has 118 valence electrons. The van der Waals surface area contributed by atoms with E-state index in [1.165, 1.54) is 6.92 Å². The van der Waals surface area contributed by atoms with Gasteiger partial charge in [0.15, 0.2) is 5.12 Å². The number of hydrogen-bond donors (Lipinski definition) is 1. The Morgan fingerprint density at radius 3 is 2.82 bits per heavy atom. The van der Waals surface area contributed by atoms with Crippen LogP contribution in [0.1, 0.15) is 31.4 Å². The van der Waals surface area contributed by atoms with Crippen LogP contribution in [0.25, 0.3) is 0 Å². The molecule has 1 N–H and O–H groups in total. The number of amides is 1. The Hall–Kier alpha value is -1.34. The summed E-state index contributed by atoms with van der Waals surface area (Å²) in [5.41, 5.74) is 0.776. The van der Waals surface area contributed by atoms with Crippen molar-refractivity contribution in [2.24, 2.45) is 0 Å². The molecule has 1 amide bonds. The number of benzene rings is 1. The van der Waals surface area contributed by atoms with Gasteiger partial charge in [-0.15, -0.1) is 0 Å². The van der Waals surface area contributed by atoms with Crippen molar-refractivity contribution in [3.8, 4) is 0 Å². The molecule has 1 aliphatic rings. The predicted molar refractivity (Wildman–Crippen MR) is 87.5 cm³/mol. The molecule has 1 saturated heterocycles. The summed E-state index contributed by atoms with van der Waals surface area (Å²) < 4.78 is 0.835. The second-order valence-electron chi connectivity index (χ2n) is 5.15. The maximum atomic E-state index is 12.2. The van der Waals surface area contributed by atoms with Crippen molar-refractivity contribution in [1.29, 1.82) is 0 Å². The van der Waals surface area contributed by atoms with Gasteiger partial charge in [0, 0.05) is 29.6 Å². The lowest BCUT2D eigenvalue weighted by atomic mass is 10.0. The van der Waals surface area contributed by atoms with Gasteiger partial charge in [-0.2, -0.15) is 0 Å². The number of carboxylic acids is 1. The zero-order chi connectivity index (χ0) is 16.3. The van der Waals surface area contributed by atoms with Gasteiger partial charge in [0.05, 0.1) is 12.5 Å². The molecule has 2 unspecified atom stereocenters. The Balaban J connectivity index is 2.24. The number of rotatable bonds is 5. The quantitative estimate of drug-likeness (QED) is 0.843. The first-order chi connectivity index (χ1) is 10.4. The van der Waals surface area contributed by atoms with Gasteiger partial charge >= 0.3 is 5.97 Å². The van der Waals surface area contributed by atoms with E-state index >= 15 is 0 Å². The van der Waals surface area contributed by atoms with Gasteiger partial charge in [0.25, 0.3) is 0 Å². The van der Waals surface area contributed by atoms with Crippen molar-refractivity contribution < 1.29 is 19.5 Å². The van der Waals surface area contributed by atoms with E-state index in [1.54, 1.807) is 4.90 Å². The van der Waals surface area contributed by atoms with E-state index in [1.807, 2.05) is 24.3 Å². The predicted octanol–water partition coefficient (Wildman–Crippen LogP) is 2.85. The summed E-state index contributed by atoms with van der Waals surface area (Å²) in [6.45, 7) is 1.87. The molecule has 22 heavy (non-hydrogen) atoms. The van der Waals surface area contributed by atoms with Crippen LogP contribution in [0, 0.1) is 0 Å². The Morgan fingerprint density at radius 2 is 2.23 bits per heavy atom. The number of thioether (sulfide) groups is 1. The maximum absolute atomic E-state index is 12.2. The molecule has 2 atom stereocenters. The summed E-state index contributed by atoms with van der Waals surface area (Å²) in [4.78, 5) is 36.2. The number of likely N-dealkylation sites (tertiary alicyclic amines) is 1. The third-order valence-corrected chi connectivity index (χ3v) is 4.91. The van der Waals surface area contributed by atoms with Crippen LogP contribution in [0.5, 0.6) is 0 Å². The minimum absolute atomic E-state index is 0.0307. The van der Waals surface area contributed by atoms with Crippen molar-refractivity contribution in [3.05, 3.63) is 34.3 Å². The van der Waals surface area contributed by atoms with E-state index in [9.17, 15) is 14.4 Å². The highest BCUT2D eigenvalue weighted by Crippen LogP contribution is 2.34. The second-order valence-corrected chi connectivity index (χ2v) is 7.54. The van der Waals surface area contributed by atoms with E-state index in [0.29, 0.717) is 6.54 Å². The molecular weight excluding hydrogens is 370 g/mol. The van der Waals surface area contributed by atoms with Crippen molar-refractivity contribution in [2.45, 2.75) is 31.1 Å². The number of aliphatic carboxylic acids is 1. The van der Waals surface area contributed by atoms with E-state index in [4.69, 9.17) is 5.11 Å². The SMILES string of the molecule is CC(=O)SC1CC(=O)N(C(CC(=O)O)c2cccc(Br)c2)C1. The van der Waals surface area contributed by atoms with Gasteiger partial charge in [-0.3, -0.25) is 14.4 Å². The van der Waals surface area contributed by atoms with Crippen LogP contribution >= 0.6 is 27.7 Å². The maximum Gasteiger partial charge on any atom is 0.305 e. The molecule has 1 heterocycles. The first-order valence-corrected chi connectivity index (χ1v) is 8.48. The molecule has 1 fully saturated rings. The minimum Gasteiger partial charge on any atom is -0.481 e. The fourth-order valence-electron chi connectivity index (χ4n) is 2.60. The lowest BCUT2D eigenvalue weighted by Crippen LogP contribution is -2.32. The average molecular weight is 386 g/mol. The molecule has 0 radical (unpaired) electrons. The van der Waals surface area contributed by atoms with Crippen molar-refractivity contribution in [3.63, 3.8) is 0 Å². The molecule has 0 bridgehead atoms. The van der Waals surface area contributed by atoms with Crippen molar-refractivity contribution >= 4 is 44.7 Å². The highest BCUT2D eigenvalue weighted by Gasteiger charge is 2.36. The number of halogens is 1. The van der Waals surface area contributed by atoms with Gasteiger partial charge in [-0.25, -0.2) is 0 Å². The number of carbonyl (C=O) groups excluding carboxylic acids is 2. The number of nitrogens with zero attached hydrogens (tertiary/aromatic N) is 1. The van der Waals surface area contributed by atoms with Gasteiger partial charge in [-0.05, 0) is 17.7 Å². The van der Waals surface area contributed by atoms with E-state index < -0.39 is 12.0 Å². The molecule has 0 aromatic heterocycles. The fourth-order valence-corrected chi connectivity index (χ4v) is 3.95. The molecule has 2 rings (SSSR count). The van der Waals surface area contributed by atoms with Crippen LogP contribution in [-0.2, 0) is 14.4 Å². The van der Waals surface area contributed by atoms with Crippen LogP contribution in [0.15, 0.2) is 28.7 Å². The van der Waals surface area contributed by atoms with Crippen LogP contribution in [0.2, 0.25) is 0 Å². The third-order valence-electron chi connectivity index (χ3n) is 3.43. The molecule has 0 saturated carbocycles. The molecule has 1 aromatic carbocycles. The summed E-state index contributed by atoms with van der Waals surface area (Å²) in [5.74, 6) is -1.06. The molecule has 0 spiro atoms. The molecule has 7 heteroatoms. The number of carbonyl (C=O) groups is 3. The minimum atomic E-state index is -0.958. The smallest absolute Gasteiger partial charge is 0.305 e. The van der Waals surface area contributed by atoms with Crippen LogP contribution < -0.4 is 0 Å². The molecule has 1 aromatic rings. The third kappa shape index (κ3) is 4.33. The summed E-state index contributed by atoms with van der Waals surface area (Å²) in [6.07, 6.45) is 0.119. The zero-order valence-electron chi connectivity index (χ0n) is 12.0. The normalized spacial score (nSPS) is 19.3. The van der Waals surface area contributed by atoms with Gasteiger partial charge in [0.2, 0.25) is 5.91 Å². The Labute approximate surface area is 141 Å². The highest BCUT2D eigenvalue weighted by molar-refractivity contribution is 9.10. The summed E-state index contributed by atoms with van der Waals surface area (Å²) >= 11 is 4.51. The van der Waals surface area contributed by atoms with Crippen molar-refractivity contribution in [2.75, 3.05) is 6.54 Å². The average Bonchev–Trinajstić information content (AvgIpc) is 2.75. The highest BCUT2D eigenvalue weighted by atomic mass is 79.9. The lowest BCUT2D eigenvalue weighted by Gasteiger charge is -2.27. The van der Waals surface area contributed by atoms with Crippen LogP contribution in [0.3, 0.4) is 0 Å². The molecular formula is C15H16BrNO4S. The van der Waals surface area contributed by atoms with E-state index in [0.717, 1.165) is 21.8 Å². The van der Waals surface area contributed by atoms with E-state index in [2.05, 4.69) is 15.9 Å². The molecule has 5 nitrogen and oxygen atoms in total.